The molecule has 0 aromatic carbocycles. The molecule has 66 valence electrons. The highest BCUT2D eigenvalue weighted by Gasteiger charge is 2.25. The fourth-order valence-electron chi connectivity index (χ4n) is 1.22. The van der Waals surface area contributed by atoms with Crippen LogP contribution in [0.15, 0.2) is 3.79 Å². The van der Waals surface area contributed by atoms with E-state index in [0.29, 0.717) is 17.0 Å². The van der Waals surface area contributed by atoms with Crippen molar-refractivity contribution < 1.29 is 9.53 Å². The normalized spacial score (nSPS) is 15.2. The molecule has 3 nitrogen and oxygen atoms in total. The molecule has 0 saturated heterocycles. The zero-order valence-electron chi connectivity index (χ0n) is 6.46. The van der Waals surface area contributed by atoms with Gasteiger partial charge >= 0.3 is 0 Å². The third kappa shape index (κ3) is 1.31. The molecular formula is C8H4BrNO2S. The summed E-state index contributed by atoms with van der Waals surface area (Å²) in [4.78, 5) is 12.0. The van der Waals surface area contributed by atoms with Crippen LogP contribution in [0.1, 0.15) is 20.8 Å². The summed E-state index contributed by atoms with van der Waals surface area (Å²) in [6.07, 6.45) is 0. The van der Waals surface area contributed by atoms with Crippen LogP contribution in [0, 0.1) is 11.3 Å². The fourth-order valence-corrected chi connectivity index (χ4v) is 2.94. The SMILES string of the molecule is N#Cc1c(Br)sc2c1COCC2=O. The molecule has 1 aromatic rings. The molecule has 0 unspecified atom stereocenters. The molecule has 0 bridgehead atoms. The summed E-state index contributed by atoms with van der Waals surface area (Å²) in [6, 6.07) is 2.06. The van der Waals surface area contributed by atoms with Gasteiger partial charge in [-0.15, -0.1) is 11.3 Å². The Kier molecular flexibility index (Phi) is 2.20. The molecule has 0 spiro atoms. The lowest BCUT2D eigenvalue weighted by atomic mass is 10.1. The van der Waals surface area contributed by atoms with Gasteiger partial charge in [-0.05, 0) is 15.9 Å². The first-order valence-electron chi connectivity index (χ1n) is 3.56. The summed E-state index contributed by atoms with van der Waals surface area (Å²) < 4.78 is 5.77. The minimum Gasteiger partial charge on any atom is -0.368 e. The Labute approximate surface area is 87.1 Å². The van der Waals surface area contributed by atoms with Gasteiger partial charge in [0.05, 0.1) is 20.8 Å². The number of carbonyl (C=O) groups is 1. The van der Waals surface area contributed by atoms with Gasteiger partial charge in [0.15, 0.2) is 5.78 Å². The number of halogens is 1. The highest BCUT2D eigenvalue weighted by atomic mass is 79.9. The summed E-state index contributed by atoms with van der Waals surface area (Å²) in [6.45, 7) is 0.497. The summed E-state index contributed by atoms with van der Waals surface area (Å²) in [5.74, 6) is -0.0338. The number of ketones is 1. The number of hydrogen-bond acceptors (Lipinski definition) is 4. The van der Waals surface area contributed by atoms with Crippen LogP contribution in [0.3, 0.4) is 0 Å². The number of nitrogens with zero attached hydrogens (tertiary/aromatic N) is 1. The molecule has 0 fully saturated rings. The molecule has 13 heavy (non-hydrogen) atoms. The first-order valence-corrected chi connectivity index (χ1v) is 5.17. The van der Waals surface area contributed by atoms with E-state index >= 15 is 0 Å². The Hall–Kier alpha value is -0.700. The van der Waals surface area contributed by atoms with Gasteiger partial charge in [0.2, 0.25) is 0 Å². The van der Waals surface area contributed by atoms with Crippen LogP contribution in [0.4, 0.5) is 0 Å². The van der Waals surface area contributed by atoms with Gasteiger partial charge in [-0.3, -0.25) is 4.79 Å². The fraction of sp³-hybridized carbons (Fsp3) is 0.250. The zero-order valence-corrected chi connectivity index (χ0v) is 8.87. The lowest BCUT2D eigenvalue weighted by Gasteiger charge is -2.10. The molecular weight excluding hydrogens is 254 g/mol. The van der Waals surface area contributed by atoms with Crippen molar-refractivity contribution in [1.29, 1.82) is 5.26 Å². The Morgan fingerprint density at radius 3 is 3.00 bits per heavy atom. The van der Waals surface area contributed by atoms with Crippen LogP contribution in [0.25, 0.3) is 0 Å². The highest BCUT2D eigenvalue weighted by molar-refractivity contribution is 9.11. The van der Waals surface area contributed by atoms with E-state index < -0.39 is 0 Å². The van der Waals surface area contributed by atoms with Gasteiger partial charge in [0, 0.05) is 5.56 Å². The van der Waals surface area contributed by atoms with Crippen LogP contribution in [0.5, 0.6) is 0 Å². The molecule has 1 aliphatic heterocycles. The maximum atomic E-state index is 11.3. The van der Waals surface area contributed by atoms with Crippen molar-refractivity contribution in [2.75, 3.05) is 6.61 Å². The summed E-state index contributed by atoms with van der Waals surface area (Å²) in [5, 5.41) is 8.81. The predicted molar refractivity (Wildman–Crippen MR) is 50.7 cm³/mol. The standard InChI is InChI=1S/C8H4BrNO2S/c9-8-4(1-10)5-2-12-3-6(11)7(5)13-8/h2-3H2. The van der Waals surface area contributed by atoms with Crippen molar-refractivity contribution in [2.45, 2.75) is 6.61 Å². The van der Waals surface area contributed by atoms with Crippen molar-refractivity contribution in [3.8, 4) is 6.07 Å². The molecule has 0 saturated carbocycles. The topological polar surface area (TPSA) is 50.1 Å². The number of nitriles is 1. The van der Waals surface area contributed by atoms with Crippen LogP contribution in [-0.4, -0.2) is 12.4 Å². The number of rotatable bonds is 0. The van der Waals surface area contributed by atoms with Crippen molar-refractivity contribution in [3.05, 3.63) is 19.8 Å². The average molecular weight is 258 g/mol. The number of fused-ring (bicyclic) bond motifs is 1. The van der Waals surface area contributed by atoms with E-state index in [4.69, 9.17) is 10.00 Å². The van der Waals surface area contributed by atoms with Gasteiger partial charge in [0.25, 0.3) is 0 Å². The minimum absolute atomic E-state index is 0.0338. The number of Topliss-reactive ketones (excluding diaryl/α,β-unsaturated/α-hetero) is 1. The third-order valence-electron chi connectivity index (χ3n) is 1.81. The maximum Gasteiger partial charge on any atom is 0.198 e. The molecule has 5 heteroatoms. The molecule has 0 aliphatic carbocycles. The van der Waals surface area contributed by atoms with Crippen molar-refractivity contribution in [1.82, 2.24) is 0 Å². The van der Waals surface area contributed by atoms with Crippen LogP contribution in [0.2, 0.25) is 0 Å². The van der Waals surface area contributed by atoms with E-state index in [1.54, 1.807) is 0 Å². The average Bonchev–Trinajstić information content (AvgIpc) is 2.43. The maximum absolute atomic E-state index is 11.3. The van der Waals surface area contributed by atoms with E-state index in [-0.39, 0.29) is 12.4 Å². The van der Waals surface area contributed by atoms with E-state index in [0.717, 1.165) is 9.35 Å². The lowest BCUT2D eigenvalue weighted by molar-refractivity contribution is 0.0673. The smallest absolute Gasteiger partial charge is 0.198 e. The Morgan fingerprint density at radius 2 is 2.31 bits per heavy atom. The van der Waals surface area contributed by atoms with E-state index in [2.05, 4.69) is 22.0 Å². The quantitative estimate of drug-likeness (QED) is 0.715. The van der Waals surface area contributed by atoms with Crippen molar-refractivity contribution in [2.24, 2.45) is 0 Å². The van der Waals surface area contributed by atoms with Gasteiger partial charge in [-0.25, -0.2) is 0 Å². The second kappa shape index (κ2) is 3.22. The monoisotopic (exact) mass is 257 g/mol. The molecule has 2 heterocycles. The lowest BCUT2D eigenvalue weighted by Crippen LogP contribution is -2.16. The van der Waals surface area contributed by atoms with Crippen LogP contribution >= 0.6 is 27.3 Å². The highest BCUT2D eigenvalue weighted by Crippen LogP contribution is 2.35. The Morgan fingerprint density at radius 1 is 1.54 bits per heavy atom. The molecule has 0 atom stereocenters. The number of carbonyl (C=O) groups excluding carboxylic acids is 1. The van der Waals surface area contributed by atoms with Gasteiger partial charge in [-0.1, -0.05) is 0 Å². The molecule has 1 aromatic heterocycles. The van der Waals surface area contributed by atoms with Gasteiger partial charge in [-0.2, -0.15) is 5.26 Å². The van der Waals surface area contributed by atoms with Gasteiger partial charge < -0.3 is 4.74 Å². The summed E-state index contributed by atoms with van der Waals surface area (Å²) in [7, 11) is 0. The van der Waals surface area contributed by atoms with E-state index in [1.165, 1.54) is 11.3 Å². The molecule has 1 aliphatic rings. The molecule has 0 N–H and O–H groups in total. The first kappa shape index (κ1) is 8.88. The van der Waals surface area contributed by atoms with Crippen LogP contribution in [-0.2, 0) is 11.3 Å². The number of ether oxygens (including phenoxy) is 1. The number of hydrogen-bond donors (Lipinski definition) is 0. The summed E-state index contributed by atoms with van der Waals surface area (Å²) >= 11 is 4.57. The van der Waals surface area contributed by atoms with Crippen molar-refractivity contribution in [3.63, 3.8) is 0 Å². The Balaban J connectivity index is 2.64. The Bertz CT molecular complexity index is 419. The van der Waals surface area contributed by atoms with E-state index in [1.807, 2.05) is 0 Å². The van der Waals surface area contributed by atoms with Crippen molar-refractivity contribution >= 4 is 33.0 Å². The third-order valence-corrected chi connectivity index (χ3v) is 3.75. The van der Waals surface area contributed by atoms with Gasteiger partial charge in [0.1, 0.15) is 12.7 Å². The second-order valence-corrected chi connectivity index (χ2v) is 4.92. The largest absolute Gasteiger partial charge is 0.368 e. The first-order chi connectivity index (χ1) is 6.24. The van der Waals surface area contributed by atoms with E-state index in [9.17, 15) is 4.79 Å². The molecule has 0 amide bonds. The minimum atomic E-state index is -0.0338. The van der Waals surface area contributed by atoms with Crippen LogP contribution < -0.4 is 0 Å². The predicted octanol–water partition coefficient (Wildman–Crippen LogP) is 2.10. The molecule has 0 radical (unpaired) electrons. The summed E-state index contributed by atoms with van der Waals surface area (Å²) in [5.41, 5.74) is 1.27. The molecule has 2 rings (SSSR count). The second-order valence-electron chi connectivity index (χ2n) is 2.59. The number of thiophene rings is 1. The zero-order chi connectivity index (χ0) is 9.42.